The van der Waals surface area contributed by atoms with E-state index in [1.54, 1.807) is 12.7 Å². The Balaban J connectivity index is 1.28. The zero-order chi connectivity index (χ0) is 39.9. The second-order valence-electron chi connectivity index (χ2n) is 18.6. The van der Waals surface area contributed by atoms with Crippen molar-refractivity contribution in [2.24, 2.45) is 0 Å². The molecule has 59 heavy (non-hydrogen) atoms. The van der Waals surface area contributed by atoms with Gasteiger partial charge < -0.3 is 9.13 Å². The fraction of sp³-hybridized carbons (Fsp3) is 0.151. The molecule has 12 rings (SSSR count). The van der Waals surface area contributed by atoms with Crippen LogP contribution in [0.2, 0.25) is 0 Å². The predicted molar refractivity (Wildman–Crippen MR) is 247 cm³/mol. The molecule has 0 saturated carbocycles. The van der Waals surface area contributed by atoms with Crippen molar-refractivity contribution in [2.75, 3.05) is 0 Å². The molecule has 0 amide bonds. The first kappa shape index (κ1) is 34.3. The number of fused-ring (bicyclic) bond motifs is 10. The summed E-state index contributed by atoms with van der Waals surface area (Å²) in [5, 5.41) is 5.11. The second kappa shape index (κ2) is 11.9. The monoisotopic (exact) mass is 759 g/mol. The first-order valence-electron chi connectivity index (χ1n) is 20.7. The molecule has 0 atom stereocenters. The Kier molecular flexibility index (Phi) is 6.91. The highest BCUT2D eigenvalue weighted by atomic mass is 15.0. The summed E-state index contributed by atoms with van der Waals surface area (Å²) in [6, 6.07) is 50.3. The third kappa shape index (κ3) is 4.89. The van der Waals surface area contributed by atoms with Gasteiger partial charge in [-0.1, -0.05) is 126 Å². The second-order valence-corrected chi connectivity index (χ2v) is 18.6. The van der Waals surface area contributed by atoms with Crippen LogP contribution in [-0.2, 0) is 10.8 Å². The molecule has 0 saturated heterocycles. The molecule has 0 fully saturated rings. The molecular weight excluding hydrogens is 717 g/mol. The van der Waals surface area contributed by atoms with Gasteiger partial charge in [0, 0.05) is 49.5 Å². The van der Waals surface area contributed by atoms with E-state index in [0.29, 0.717) is 5.82 Å². The molecule has 282 valence electrons. The molecule has 0 unspecified atom stereocenters. The average molecular weight is 760 g/mol. The van der Waals surface area contributed by atoms with Crippen LogP contribution in [0.25, 0.3) is 88.6 Å². The van der Waals surface area contributed by atoms with Crippen LogP contribution >= 0.6 is 0 Å². The summed E-state index contributed by atoms with van der Waals surface area (Å²) < 4.78 is 5.10. The lowest BCUT2D eigenvalue weighted by atomic mass is 9.34. The van der Waals surface area contributed by atoms with E-state index >= 15 is 0 Å². The standard InChI is InChI=1S/C53H42BN5/c1-52(2,3)36-25-40-38-21-33(31-13-9-7-10-14-31)17-19-44(38)58-46-23-35(51-56-29-55-30-57-51)24-47-48(46)54(42(27-36)49(40)58)43-28-37(53(4,5)6)26-41-39-22-34(32-15-11-8-12-16-32)18-20-45(39)59(47)50(41)43/h7-30H,1-6H3. The summed E-state index contributed by atoms with van der Waals surface area (Å²) in [4.78, 5) is 13.6. The highest BCUT2D eigenvalue weighted by Crippen LogP contribution is 2.44. The summed E-state index contributed by atoms with van der Waals surface area (Å²) in [6.07, 6.45) is 3.21. The van der Waals surface area contributed by atoms with Gasteiger partial charge in [-0.05, 0) is 109 Å². The summed E-state index contributed by atoms with van der Waals surface area (Å²) >= 11 is 0. The molecule has 3 aromatic heterocycles. The van der Waals surface area contributed by atoms with Crippen LogP contribution in [0.4, 0.5) is 0 Å². The first-order valence-corrected chi connectivity index (χ1v) is 20.7. The minimum atomic E-state index is -0.0677. The van der Waals surface area contributed by atoms with Crippen LogP contribution in [0.1, 0.15) is 52.7 Å². The third-order valence-electron chi connectivity index (χ3n) is 13.0. The molecular formula is C53H42BN5. The maximum atomic E-state index is 4.72. The maximum absolute atomic E-state index is 4.72. The Bertz CT molecular complexity index is 3180. The molecule has 2 aliphatic heterocycles. The van der Waals surface area contributed by atoms with E-state index in [2.05, 4.69) is 189 Å². The summed E-state index contributed by atoms with van der Waals surface area (Å²) in [7, 11) is 0. The summed E-state index contributed by atoms with van der Waals surface area (Å²) in [5.74, 6) is 0.663. The predicted octanol–water partition coefficient (Wildman–Crippen LogP) is 10.8. The fourth-order valence-corrected chi connectivity index (χ4v) is 10.1. The summed E-state index contributed by atoms with van der Waals surface area (Å²) in [5.41, 5.74) is 19.7. The van der Waals surface area contributed by atoms with Gasteiger partial charge in [0.1, 0.15) is 12.7 Å². The summed E-state index contributed by atoms with van der Waals surface area (Å²) in [6.45, 7) is 14.1. The van der Waals surface area contributed by atoms with Crippen molar-refractivity contribution in [3.63, 3.8) is 0 Å². The normalized spacial score (nSPS) is 13.2. The molecule has 5 nitrogen and oxygen atoms in total. The van der Waals surface area contributed by atoms with Crippen molar-refractivity contribution in [1.82, 2.24) is 24.1 Å². The van der Waals surface area contributed by atoms with Crippen molar-refractivity contribution >= 4 is 66.7 Å². The topological polar surface area (TPSA) is 48.5 Å². The van der Waals surface area contributed by atoms with Crippen LogP contribution in [0, 0.1) is 0 Å². The van der Waals surface area contributed by atoms with E-state index in [1.165, 1.54) is 105 Å². The van der Waals surface area contributed by atoms with Crippen molar-refractivity contribution < 1.29 is 0 Å². The molecule has 0 radical (unpaired) electrons. The number of benzene rings is 7. The largest absolute Gasteiger partial charge is 0.310 e. The van der Waals surface area contributed by atoms with Crippen molar-refractivity contribution in [3.8, 4) is 45.0 Å². The molecule has 6 heteroatoms. The van der Waals surface area contributed by atoms with Gasteiger partial charge in [0.25, 0.3) is 6.71 Å². The number of rotatable bonds is 3. The zero-order valence-electron chi connectivity index (χ0n) is 34.2. The molecule has 0 N–H and O–H groups in total. The molecule has 5 heterocycles. The van der Waals surface area contributed by atoms with Gasteiger partial charge in [0.05, 0.1) is 11.0 Å². The van der Waals surface area contributed by atoms with E-state index in [4.69, 9.17) is 9.97 Å². The Hall–Kier alpha value is -6.79. The number of nitrogens with zero attached hydrogens (tertiary/aromatic N) is 5. The number of hydrogen-bond acceptors (Lipinski definition) is 3. The molecule has 2 aliphatic rings. The highest BCUT2D eigenvalue weighted by molar-refractivity contribution is 7.00. The van der Waals surface area contributed by atoms with E-state index in [0.717, 1.165) is 5.56 Å². The smallest absolute Gasteiger partial charge is 0.252 e. The maximum Gasteiger partial charge on any atom is 0.252 e. The van der Waals surface area contributed by atoms with Crippen LogP contribution in [-0.4, -0.2) is 30.8 Å². The molecule has 0 aliphatic carbocycles. The van der Waals surface area contributed by atoms with Crippen molar-refractivity contribution in [1.29, 1.82) is 0 Å². The lowest BCUT2D eigenvalue weighted by Crippen LogP contribution is -2.59. The number of hydrogen-bond donors (Lipinski definition) is 0. The third-order valence-corrected chi connectivity index (χ3v) is 13.0. The van der Waals surface area contributed by atoms with E-state index in [-0.39, 0.29) is 17.5 Å². The van der Waals surface area contributed by atoms with Gasteiger partial charge in [0.2, 0.25) is 0 Å². The van der Waals surface area contributed by atoms with Crippen LogP contribution in [0.15, 0.2) is 146 Å². The molecule has 10 aromatic rings. The average Bonchev–Trinajstić information content (AvgIpc) is 3.76. The Labute approximate surface area is 344 Å². The first-order chi connectivity index (χ1) is 28.5. The minimum Gasteiger partial charge on any atom is -0.310 e. The van der Waals surface area contributed by atoms with Gasteiger partial charge in [-0.2, -0.15) is 0 Å². The van der Waals surface area contributed by atoms with E-state index < -0.39 is 0 Å². The van der Waals surface area contributed by atoms with Crippen molar-refractivity contribution in [2.45, 2.75) is 52.4 Å². The van der Waals surface area contributed by atoms with E-state index in [1.807, 2.05) is 0 Å². The molecule has 7 aromatic carbocycles. The van der Waals surface area contributed by atoms with Gasteiger partial charge in [0.15, 0.2) is 5.82 Å². The van der Waals surface area contributed by atoms with Gasteiger partial charge in [-0.15, -0.1) is 0 Å². The Morgan fingerprint density at radius 2 is 0.898 bits per heavy atom. The van der Waals surface area contributed by atoms with Crippen LogP contribution in [0.3, 0.4) is 0 Å². The van der Waals surface area contributed by atoms with E-state index in [9.17, 15) is 0 Å². The van der Waals surface area contributed by atoms with Gasteiger partial charge >= 0.3 is 0 Å². The zero-order valence-corrected chi connectivity index (χ0v) is 34.2. The number of aromatic nitrogens is 5. The fourth-order valence-electron chi connectivity index (χ4n) is 10.1. The lowest BCUT2D eigenvalue weighted by molar-refractivity contribution is 0.591. The van der Waals surface area contributed by atoms with Gasteiger partial charge in [-0.25, -0.2) is 15.0 Å². The molecule has 0 spiro atoms. The molecule has 0 bridgehead atoms. The Morgan fingerprint density at radius 3 is 1.34 bits per heavy atom. The quantitative estimate of drug-likeness (QED) is 0.169. The Morgan fingerprint density at radius 1 is 0.441 bits per heavy atom. The van der Waals surface area contributed by atoms with Crippen LogP contribution in [0.5, 0.6) is 0 Å². The van der Waals surface area contributed by atoms with Crippen LogP contribution < -0.4 is 16.4 Å². The lowest BCUT2D eigenvalue weighted by Gasteiger charge is -2.35. The highest BCUT2D eigenvalue weighted by Gasteiger charge is 2.42. The van der Waals surface area contributed by atoms with Gasteiger partial charge in [-0.3, -0.25) is 0 Å². The minimum absolute atomic E-state index is 0.00202. The SMILES string of the molecule is CC(C)(C)c1cc2c3c(c1)c1cc(-c4ccccc4)ccc1n3-c1cc(-c3ncncn3)cc3c1B2c1cc(C(C)(C)C)cc2c4cc(-c5ccccc5)ccc4n-3c12. The van der Waals surface area contributed by atoms with Crippen molar-refractivity contribution in [3.05, 3.63) is 157 Å².